The van der Waals surface area contributed by atoms with E-state index in [1.807, 2.05) is 0 Å². The number of alkyl halides is 3. The Morgan fingerprint density at radius 1 is 1.17 bits per heavy atom. The molecular formula is C21H21F4N3O2. The van der Waals surface area contributed by atoms with E-state index in [0.29, 0.717) is 24.2 Å². The minimum atomic E-state index is -4.95. The smallest absolute Gasteiger partial charge is 0.405 e. The summed E-state index contributed by atoms with van der Waals surface area (Å²) in [5, 5.41) is 14.8. The number of aromatic nitrogens is 2. The van der Waals surface area contributed by atoms with Gasteiger partial charge in [-0.05, 0) is 23.3 Å². The predicted molar refractivity (Wildman–Crippen MR) is 103 cm³/mol. The molecule has 1 aliphatic rings. The van der Waals surface area contributed by atoms with Gasteiger partial charge in [-0.25, -0.2) is 9.37 Å². The van der Waals surface area contributed by atoms with Crippen molar-refractivity contribution < 1.29 is 27.4 Å². The molecule has 3 atom stereocenters. The number of hydrogen-bond donors (Lipinski definition) is 3. The Labute approximate surface area is 170 Å². The first-order valence-electron chi connectivity index (χ1n) is 9.56. The SMILES string of the molecule is C[C@@H]1CNC[C@H](C)C1(O)c1ccc(-c2ccnc3[nH]cc(F)c23)cc1OC(F)(F)F. The summed E-state index contributed by atoms with van der Waals surface area (Å²) in [7, 11) is 0. The molecule has 0 bridgehead atoms. The van der Waals surface area contributed by atoms with Crippen molar-refractivity contribution in [2.75, 3.05) is 13.1 Å². The van der Waals surface area contributed by atoms with E-state index in [1.165, 1.54) is 24.4 Å². The Kier molecular flexibility index (Phi) is 4.98. The van der Waals surface area contributed by atoms with Gasteiger partial charge in [0.1, 0.15) is 17.0 Å². The molecule has 30 heavy (non-hydrogen) atoms. The van der Waals surface area contributed by atoms with Crippen LogP contribution in [0, 0.1) is 17.7 Å². The van der Waals surface area contributed by atoms with Crippen LogP contribution in [-0.2, 0) is 5.60 Å². The van der Waals surface area contributed by atoms with Gasteiger partial charge in [0.15, 0.2) is 5.82 Å². The van der Waals surface area contributed by atoms with Crippen LogP contribution in [0.1, 0.15) is 19.4 Å². The second-order valence-electron chi connectivity index (χ2n) is 7.76. The highest BCUT2D eigenvalue weighted by atomic mass is 19.4. The number of aromatic amines is 1. The second kappa shape index (κ2) is 7.24. The van der Waals surface area contributed by atoms with Gasteiger partial charge in [0.05, 0.1) is 5.39 Å². The molecule has 0 saturated carbocycles. The van der Waals surface area contributed by atoms with Gasteiger partial charge in [-0.1, -0.05) is 26.0 Å². The van der Waals surface area contributed by atoms with Gasteiger partial charge in [0.2, 0.25) is 0 Å². The lowest BCUT2D eigenvalue weighted by atomic mass is 9.71. The molecule has 1 saturated heterocycles. The number of H-pyrrole nitrogens is 1. The molecule has 5 nitrogen and oxygen atoms in total. The molecule has 3 aromatic rings. The maximum atomic E-state index is 14.3. The zero-order chi connectivity index (χ0) is 21.7. The number of pyridine rings is 1. The Hall–Kier alpha value is -2.65. The van der Waals surface area contributed by atoms with Crippen LogP contribution in [0.15, 0.2) is 36.7 Å². The number of halogens is 4. The van der Waals surface area contributed by atoms with E-state index in [1.54, 1.807) is 19.9 Å². The number of fused-ring (bicyclic) bond motifs is 1. The molecule has 0 amide bonds. The Morgan fingerprint density at radius 3 is 2.53 bits per heavy atom. The molecule has 1 fully saturated rings. The maximum absolute atomic E-state index is 14.3. The van der Waals surface area contributed by atoms with Crippen molar-refractivity contribution in [2.24, 2.45) is 11.8 Å². The standard InChI is InChI=1S/C21H21F4N3O2/c1-11-8-26-9-12(2)20(11,29)15-4-3-13(7-17(15)30-21(23,24)25)14-5-6-27-19-18(14)16(22)10-28-19/h3-7,10-12,26,29H,8-9H2,1-2H3,(H,27,28)/t11-,12+,20?. The van der Waals surface area contributed by atoms with Crippen molar-refractivity contribution in [1.82, 2.24) is 15.3 Å². The fraction of sp³-hybridized carbons (Fsp3) is 0.381. The van der Waals surface area contributed by atoms with Crippen LogP contribution >= 0.6 is 0 Å². The number of nitrogens with one attached hydrogen (secondary N) is 2. The van der Waals surface area contributed by atoms with Gasteiger partial charge in [-0.15, -0.1) is 13.2 Å². The first kappa shape index (κ1) is 20.6. The van der Waals surface area contributed by atoms with E-state index in [0.717, 1.165) is 6.20 Å². The molecule has 0 spiro atoms. The Morgan fingerprint density at radius 2 is 1.87 bits per heavy atom. The third-order valence-corrected chi connectivity index (χ3v) is 5.88. The van der Waals surface area contributed by atoms with Crippen molar-refractivity contribution in [3.63, 3.8) is 0 Å². The number of rotatable bonds is 3. The Bertz CT molecular complexity index is 1070. The molecule has 0 aliphatic carbocycles. The molecule has 1 aliphatic heterocycles. The van der Waals surface area contributed by atoms with Crippen LogP contribution < -0.4 is 10.1 Å². The van der Waals surface area contributed by atoms with E-state index >= 15 is 0 Å². The van der Waals surface area contributed by atoms with Crippen LogP contribution in [0.2, 0.25) is 0 Å². The maximum Gasteiger partial charge on any atom is 0.573 e. The summed E-state index contributed by atoms with van der Waals surface area (Å²) in [6, 6.07) is 5.73. The van der Waals surface area contributed by atoms with Gasteiger partial charge in [0, 0.05) is 42.9 Å². The average Bonchev–Trinajstić information content (AvgIpc) is 3.06. The quantitative estimate of drug-likeness (QED) is 0.549. The molecule has 3 N–H and O–H groups in total. The number of benzene rings is 1. The number of piperidine rings is 1. The van der Waals surface area contributed by atoms with Gasteiger partial charge in [-0.2, -0.15) is 0 Å². The highest BCUT2D eigenvalue weighted by Gasteiger charge is 2.46. The number of aliphatic hydroxyl groups is 1. The molecule has 9 heteroatoms. The molecule has 2 aromatic heterocycles. The number of hydrogen-bond acceptors (Lipinski definition) is 4. The van der Waals surface area contributed by atoms with Gasteiger partial charge in [-0.3, -0.25) is 0 Å². The largest absolute Gasteiger partial charge is 0.573 e. The first-order valence-corrected chi connectivity index (χ1v) is 9.56. The third-order valence-electron chi connectivity index (χ3n) is 5.88. The van der Waals surface area contributed by atoms with Crippen molar-refractivity contribution in [3.05, 3.63) is 48.0 Å². The molecule has 160 valence electrons. The molecule has 4 rings (SSSR count). The van der Waals surface area contributed by atoms with Crippen molar-refractivity contribution in [1.29, 1.82) is 0 Å². The van der Waals surface area contributed by atoms with Gasteiger partial charge in [0.25, 0.3) is 0 Å². The molecule has 0 radical (unpaired) electrons. The summed E-state index contributed by atoms with van der Waals surface area (Å²) in [5.74, 6) is -1.76. The molecule has 1 aromatic carbocycles. The molecule has 3 heterocycles. The minimum absolute atomic E-state index is 0.0601. The average molecular weight is 423 g/mol. The predicted octanol–water partition coefficient (Wildman–Crippen LogP) is 4.33. The highest BCUT2D eigenvalue weighted by molar-refractivity contribution is 5.93. The highest BCUT2D eigenvalue weighted by Crippen LogP contribution is 2.45. The molecule has 1 unspecified atom stereocenters. The lowest BCUT2D eigenvalue weighted by Crippen LogP contribution is -2.53. The van der Waals surface area contributed by atoms with Crippen LogP contribution in [0.3, 0.4) is 0 Å². The summed E-state index contributed by atoms with van der Waals surface area (Å²) in [5.41, 5.74) is -0.481. The van der Waals surface area contributed by atoms with E-state index in [9.17, 15) is 22.7 Å². The monoisotopic (exact) mass is 423 g/mol. The van der Waals surface area contributed by atoms with Crippen LogP contribution in [-0.4, -0.2) is 34.5 Å². The topological polar surface area (TPSA) is 70.2 Å². The van der Waals surface area contributed by atoms with Crippen LogP contribution in [0.5, 0.6) is 5.75 Å². The Balaban J connectivity index is 1.90. The van der Waals surface area contributed by atoms with E-state index in [-0.39, 0.29) is 28.4 Å². The summed E-state index contributed by atoms with van der Waals surface area (Å²) < 4.78 is 58.3. The van der Waals surface area contributed by atoms with Crippen molar-refractivity contribution >= 4 is 11.0 Å². The zero-order valence-electron chi connectivity index (χ0n) is 16.3. The lowest BCUT2D eigenvalue weighted by Gasteiger charge is -2.44. The summed E-state index contributed by atoms with van der Waals surface area (Å²) in [4.78, 5) is 6.73. The lowest BCUT2D eigenvalue weighted by molar-refractivity contribution is -0.275. The van der Waals surface area contributed by atoms with Crippen molar-refractivity contribution in [2.45, 2.75) is 25.8 Å². The van der Waals surface area contributed by atoms with E-state index in [4.69, 9.17) is 0 Å². The van der Waals surface area contributed by atoms with Crippen LogP contribution in [0.4, 0.5) is 17.6 Å². The summed E-state index contributed by atoms with van der Waals surface area (Å²) in [6.45, 7) is 4.45. The number of ether oxygens (including phenoxy) is 1. The summed E-state index contributed by atoms with van der Waals surface area (Å²) >= 11 is 0. The fourth-order valence-corrected chi connectivity index (χ4v) is 4.33. The second-order valence-corrected chi connectivity index (χ2v) is 7.76. The first-order chi connectivity index (χ1) is 14.1. The van der Waals surface area contributed by atoms with Gasteiger partial charge >= 0.3 is 6.36 Å². The third kappa shape index (κ3) is 3.41. The zero-order valence-corrected chi connectivity index (χ0v) is 16.3. The van der Waals surface area contributed by atoms with Crippen molar-refractivity contribution in [3.8, 4) is 16.9 Å². The normalized spacial score (nSPS) is 24.9. The van der Waals surface area contributed by atoms with E-state index < -0.39 is 23.5 Å². The van der Waals surface area contributed by atoms with Crippen LogP contribution in [0.25, 0.3) is 22.2 Å². The fourth-order valence-electron chi connectivity index (χ4n) is 4.33. The van der Waals surface area contributed by atoms with E-state index in [2.05, 4.69) is 20.0 Å². The summed E-state index contributed by atoms with van der Waals surface area (Å²) in [6.07, 6.45) is -2.36. The molecular weight excluding hydrogens is 402 g/mol. The van der Waals surface area contributed by atoms with Gasteiger partial charge < -0.3 is 20.1 Å². The number of nitrogens with zero attached hydrogens (tertiary/aromatic N) is 1. The minimum Gasteiger partial charge on any atom is -0.405 e.